The number of hydrogen-bond donors (Lipinski definition) is 1. The third-order valence-corrected chi connectivity index (χ3v) is 3.07. The number of rotatable bonds is 4. The Bertz CT molecular complexity index is 586. The van der Waals surface area contributed by atoms with Gasteiger partial charge in [-0.1, -0.05) is 17.7 Å². The SMILES string of the molecule is CN(CCC#N)C(=O)N[C@H](c1ccc(F)c(Cl)c1)C(F)(F)F. The van der Waals surface area contributed by atoms with E-state index in [0.29, 0.717) is 0 Å². The van der Waals surface area contributed by atoms with E-state index in [9.17, 15) is 22.4 Å². The Morgan fingerprint density at radius 2 is 2.14 bits per heavy atom. The molecule has 4 nitrogen and oxygen atoms in total. The van der Waals surface area contributed by atoms with Gasteiger partial charge in [0.1, 0.15) is 5.82 Å². The van der Waals surface area contributed by atoms with E-state index in [4.69, 9.17) is 16.9 Å². The first-order valence-corrected chi connectivity index (χ1v) is 6.45. The molecule has 0 bridgehead atoms. The molecule has 0 saturated heterocycles. The van der Waals surface area contributed by atoms with Gasteiger partial charge in [-0.05, 0) is 17.7 Å². The van der Waals surface area contributed by atoms with Crippen LogP contribution in [0.1, 0.15) is 18.0 Å². The zero-order valence-electron chi connectivity index (χ0n) is 11.4. The number of amides is 2. The number of carbonyl (C=O) groups excluding carboxylic acids is 1. The van der Waals surface area contributed by atoms with Crippen molar-refractivity contribution in [3.05, 3.63) is 34.6 Å². The summed E-state index contributed by atoms with van der Waals surface area (Å²) in [5, 5.41) is 9.73. The lowest BCUT2D eigenvalue weighted by molar-refractivity contribution is -0.155. The average Bonchev–Trinajstić information content (AvgIpc) is 2.43. The highest BCUT2D eigenvalue weighted by Gasteiger charge is 2.42. The highest BCUT2D eigenvalue weighted by Crippen LogP contribution is 2.34. The van der Waals surface area contributed by atoms with Crippen molar-refractivity contribution < 1.29 is 22.4 Å². The van der Waals surface area contributed by atoms with Crippen molar-refractivity contribution in [3.8, 4) is 6.07 Å². The largest absolute Gasteiger partial charge is 0.412 e. The van der Waals surface area contributed by atoms with E-state index in [2.05, 4.69) is 0 Å². The predicted octanol–water partition coefficient (Wildman–Crippen LogP) is 3.64. The molecule has 0 fully saturated rings. The van der Waals surface area contributed by atoms with Crippen LogP contribution >= 0.6 is 11.6 Å². The second-order valence-electron chi connectivity index (χ2n) is 4.43. The monoisotopic (exact) mass is 337 g/mol. The first kappa shape index (κ1) is 18.0. The van der Waals surface area contributed by atoms with Gasteiger partial charge in [0.2, 0.25) is 0 Å². The molecule has 0 heterocycles. The molecule has 120 valence electrons. The number of nitrogens with one attached hydrogen (secondary N) is 1. The van der Waals surface area contributed by atoms with E-state index >= 15 is 0 Å². The summed E-state index contributed by atoms with van der Waals surface area (Å²) >= 11 is 5.47. The second-order valence-corrected chi connectivity index (χ2v) is 4.83. The maximum Gasteiger partial charge on any atom is 0.412 e. The first-order chi connectivity index (χ1) is 10.2. The maximum atomic E-state index is 13.1. The lowest BCUT2D eigenvalue weighted by Crippen LogP contribution is -2.44. The molecule has 1 atom stereocenters. The molecule has 1 N–H and O–H groups in total. The van der Waals surface area contributed by atoms with Crippen LogP contribution in [0.5, 0.6) is 0 Å². The van der Waals surface area contributed by atoms with Gasteiger partial charge in [0.25, 0.3) is 0 Å². The molecule has 1 aromatic carbocycles. The van der Waals surface area contributed by atoms with Gasteiger partial charge in [-0.15, -0.1) is 0 Å². The van der Waals surface area contributed by atoms with E-state index in [0.717, 1.165) is 23.1 Å². The zero-order chi connectivity index (χ0) is 16.9. The lowest BCUT2D eigenvalue weighted by atomic mass is 10.1. The number of halogens is 5. The molecular formula is C13H12ClF4N3O. The molecule has 0 aliphatic carbocycles. The Morgan fingerprint density at radius 1 is 1.50 bits per heavy atom. The van der Waals surface area contributed by atoms with E-state index in [-0.39, 0.29) is 18.5 Å². The summed E-state index contributed by atoms with van der Waals surface area (Å²) in [7, 11) is 1.26. The van der Waals surface area contributed by atoms with Crippen LogP contribution in [0, 0.1) is 17.1 Å². The van der Waals surface area contributed by atoms with Crippen molar-refractivity contribution in [1.29, 1.82) is 5.26 Å². The molecule has 2 amide bonds. The highest BCUT2D eigenvalue weighted by molar-refractivity contribution is 6.30. The van der Waals surface area contributed by atoms with Gasteiger partial charge < -0.3 is 10.2 Å². The van der Waals surface area contributed by atoms with Crippen LogP contribution in [0.4, 0.5) is 22.4 Å². The Balaban J connectivity index is 2.98. The summed E-state index contributed by atoms with van der Waals surface area (Å²) in [6, 6.07) is 0.948. The standard InChI is InChI=1S/C13H12ClF4N3O/c1-21(6-2-5-19)12(22)20-11(13(16,17)18)8-3-4-10(15)9(14)7-8/h3-4,7,11H,2,6H2,1H3,(H,20,22)/t11-/m1/s1. The summed E-state index contributed by atoms with van der Waals surface area (Å²) < 4.78 is 52.3. The quantitative estimate of drug-likeness (QED) is 0.853. The average molecular weight is 338 g/mol. The molecule has 22 heavy (non-hydrogen) atoms. The number of nitrogens with zero attached hydrogens (tertiary/aromatic N) is 2. The minimum Gasteiger partial charge on any atom is -0.327 e. The Kier molecular flexibility index (Phi) is 6.00. The van der Waals surface area contributed by atoms with E-state index in [1.807, 2.05) is 0 Å². The predicted molar refractivity (Wildman–Crippen MR) is 71.6 cm³/mol. The number of carbonyl (C=O) groups is 1. The zero-order valence-corrected chi connectivity index (χ0v) is 12.2. The molecule has 0 saturated carbocycles. The molecule has 1 rings (SSSR count). The summed E-state index contributed by atoms with van der Waals surface area (Å²) in [5.41, 5.74) is -0.388. The smallest absolute Gasteiger partial charge is 0.327 e. The van der Waals surface area contributed by atoms with E-state index in [1.165, 1.54) is 7.05 Å². The minimum atomic E-state index is -4.78. The Morgan fingerprint density at radius 3 is 2.64 bits per heavy atom. The molecule has 0 unspecified atom stereocenters. The van der Waals surface area contributed by atoms with E-state index < -0.39 is 29.1 Å². The Labute approximate surface area is 129 Å². The number of hydrogen-bond acceptors (Lipinski definition) is 2. The fourth-order valence-corrected chi connectivity index (χ4v) is 1.79. The molecule has 0 aliphatic rings. The third-order valence-electron chi connectivity index (χ3n) is 2.78. The molecule has 0 aliphatic heterocycles. The van der Waals surface area contributed by atoms with Crippen molar-refractivity contribution in [2.45, 2.75) is 18.6 Å². The van der Waals surface area contributed by atoms with Gasteiger partial charge in [-0.25, -0.2) is 9.18 Å². The van der Waals surface area contributed by atoms with Crippen LogP contribution in [-0.4, -0.2) is 30.7 Å². The maximum absolute atomic E-state index is 13.1. The van der Waals surface area contributed by atoms with Crippen molar-refractivity contribution in [2.75, 3.05) is 13.6 Å². The minimum absolute atomic E-state index is 0.0109. The summed E-state index contributed by atoms with van der Waals surface area (Å²) in [6.45, 7) is -0.0168. The van der Waals surface area contributed by atoms with Crippen molar-refractivity contribution in [1.82, 2.24) is 10.2 Å². The van der Waals surface area contributed by atoms with Crippen molar-refractivity contribution in [2.24, 2.45) is 0 Å². The normalized spacial score (nSPS) is 12.4. The van der Waals surface area contributed by atoms with Gasteiger partial charge in [0.15, 0.2) is 6.04 Å². The van der Waals surface area contributed by atoms with Gasteiger partial charge in [-0.2, -0.15) is 18.4 Å². The van der Waals surface area contributed by atoms with Crippen LogP contribution < -0.4 is 5.32 Å². The van der Waals surface area contributed by atoms with Gasteiger partial charge >= 0.3 is 12.2 Å². The van der Waals surface area contributed by atoms with Gasteiger partial charge in [0, 0.05) is 13.6 Å². The van der Waals surface area contributed by atoms with Crippen molar-refractivity contribution in [3.63, 3.8) is 0 Å². The molecule has 0 spiro atoms. The van der Waals surface area contributed by atoms with Gasteiger partial charge in [-0.3, -0.25) is 0 Å². The number of benzene rings is 1. The fourth-order valence-electron chi connectivity index (χ4n) is 1.60. The van der Waals surface area contributed by atoms with Crippen LogP contribution in [0.15, 0.2) is 18.2 Å². The third kappa shape index (κ3) is 4.77. The number of urea groups is 1. The van der Waals surface area contributed by atoms with Crippen LogP contribution in [0.25, 0.3) is 0 Å². The van der Waals surface area contributed by atoms with Crippen LogP contribution in [0.2, 0.25) is 5.02 Å². The molecule has 0 radical (unpaired) electrons. The molecule has 0 aromatic heterocycles. The lowest BCUT2D eigenvalue weighted by Gasteiger charge is -2.25. The molecule has 9 heteroatoms. The summed E-state index contributed by atoms with van der Waals surface area (Å²) in [4.78, 5) is 12.7. The van der Waals surface area contributed by atoms with Gasteiger partial charge in [0.05, 0.1) is 17.5 Å². The number of nitriles is 1. The highest BCUT2D eigenvalue weighted by atomic mass is 35.5. The van der Waals surface area contributed by atoms with Crippen molar-refractivity contribution >= 4 is 17.6 Å². The Hall–Kier alpha value is -2.01. The molecule has 1 aromatic rings. The topological polar surface area (TPSA) is 56.1 Å². The molecular weight excluding hydrogens is 326 g/mol. The van der Waals surface area contributed by atoms with Crippen LogP contribution in [0.3, 0.4) is 0 Å². The van der Waals surface area contributed by atoms with Crippen LogP contribution in [-0.2, 0) is 0 Å². The van der Waals surface area contributed by atoms with E-state index in [1.54, 1.807) is 11.4 Å². The summed E-state index contributed by atoms with van der Waals surface area (Å²) in [5.74, 6) is -0.858. The fraction of sp³-hybridized carbons (Fsp3) is 0.385. The summed E-state index contributed by atoms with van der Waals surface area (Å²) in [6.07, 6.45) is -4.80. The second kappa shape index (κ2) is 7.31. The number of alkyl halides is 3. The first-order valence-electron chi connectivity index (χ1n) is 6.07.